The lowest BCUT2D eigenvalue weighted by atomic mass is 9.94. The number of carbonyl (C=O) groups excluding carboxylic acids is 1. The molecule has 2 saturated heterocycles. The molecule has 36 heavy (non-hydrogen) atoms. The summed E-state index contributed by atoms with van der Waals surface area (Å²) in [7, 11) is 0. The molecule has 0 aliphatic carbocycles. The molecule has 0 saturated carbocycles. The highest BCUT2D eigenvalue weighted by molar-refractivity contribution is 6.03. The molecular formula is C27H27N7O2. The normalized spacial score (nSPS) is 21.1. The summed E-state index contributed by atoms with van der Waals surface area (Å²) < 4.78 is 8.27. The van der Waals surface area contributed by atoms with E-state index in [1.807, 2.05) is 29.3 Å². The average molecular weight is 482 g/mol. The summed E-state index contributed by atoms with van der Waals surface area (Å²) in [6.45, 7) is 4.12. The lowest BCUT2D eigenvalue weighted by Gasteiger charge is -2.34. The number of hydrogen-bond acceptors (Lipinski definition) is 7. The van der Waals surface area contributed by atoms with Crippen molar-refractivity contribution in [2.24, 2.45) is 0 Å². The maximum absolute atomic E-state index is 12.9. The number of imidazole rings is 1. The second-order valence-electron chi connectivity index (χ2n) is 9.71. The Balaban J connectivity index is 1.39. The summed E-state index contributed by atoms with van der Waals surface area (Å²) in [5.74, 6) is 1.19. The van der Waals surface area contributed by atoms with Gasteiger partial charge in [0, 0.05) is 43.2 Å². The number of amides is 1. The minimum Gasteiger partial charge on any atom is -0.378 e. The molecule has 2 fully saturated rings. The van der Waals surface area contributed by atoms with Gasteiger partial charge in [-0.05, 0) is 62.9 Å². The average Bonchev–Trinajstić information content (AvgIpc) is 3.33. The van der Waals surface area contributed by atoms with Crippen LogP contribution in [0.5, 0.6) is 0 Å². The second kappa shape index (κ2) is 9.28. The predicted octanol–water partition coefficient (Wildman–Crippen LogP) is 4.01. The molecule has 1 aromatic carbocycles. The van der Waals surface area contributed by atoms with Crippen LogP contribution in [0.25, 0.3) is 21.9 Å². The van der Waals surface area contributed by atoms with Crippen molar-refractivity contribution in [3.05, 3.63) is 59.8 Å². The molecule has 1 amide bonds. The van der Waals surface area contributed by atoms with E-state index < -0.39 is 0 Å². The Morgan fingerprint density at radius 2 is 2.03 bits per heavy atom. The standard InChI is InChI=1S/C27H27N7O2/c1-17-13-20(8-12-36-17)34-25-21-14-18(15-28)4-5-22(21)29-16-24(25)31-26(34)19-6-10-33(11-7-19)27(35)23-3-2-9-30-32-23/h2-5,9,14,16-17,19-20H,6-8,10-13H2,1H3/t17-,20-/m1/s1. The smallest absolute Gasteiger partial charge is 0.274 e. The molecule has 4 aromatic rings. The molecule has 3 aromatic heterocycles. The Hall–Kier alpha value is -3.90. The number of rotatable bonds is 3. The van der Waals surface area contributed by atoms with Crippen molar-refractivity contribution < 1.29 is 9.53 Å². The Kier molecular flexibility index (Phi) is 5.82. The van der Waals surface area contributed by atoms with Crippen molar-refractivity contribution in [2.75, 3.05) is 19.7 Å². The third-order valence-corrected chi connectivity index (χ3v) is 7.43. The molecule has 0 unspecified atom stereocenters. The molecule has 9 nitrogen and oxygen atoms in total. The fourth-order valence-corrected chi connectivity index (χ4v) is 5.65. The third-order valence-electron chi connectivity index (χ3n) is 7.43. The molecule has 0 radical (unpaired) electrons. The zero-order chi connectivity index (χ0) is 24.6. The van der Waals surface area contributed by atoms with Gasteiger partial charge in [0.25, 0.3) is 5.91 Å². The fraction of sp³-hybridized carbons (Fsp3) is 0.407. The molecule has 2 atom stereocenters. The minimum absolute atomic E-state index is 0.0764. The van der Waals surface area contributed by atoms with E-state index in [-0.39, 0.29) is 24.0 Å². The minimum atomic E-state index is -0.0764. The van der Waals surface area contributed by atoms with Crippen LogP contribution in [0.15, 0.2) is 42.7 Å². The zero-order valence-electron chi connectivity index (χ0n) is 20.2. The maximum atomic E-state index is 12.9. The number of fused-ring (bicyclic) bond motifs is 3. The Bertz CT molecular complexity index is 1470. The van der Waals surface area contributed by atoms with E-state index in [1.54, 1.807) is 18.3 Å². The van der Waals surface area contributed by atoms with Gasteiger partial charge in [0.2, 0.25) is 0 Å². The maximum Gasteiger partial charge on any atom is 0.274 e. The number of pyridine rings is 1. The van der Waals surface area contributed by atoms with Gasteiger partial charge < -0.3 is 14.2 Å². The number of carbonyl (C=O) groups is 1. The van der Waals surface area contributed by atoms with E-state index in [0.717, 1.165) is 53.4 Å². The zero-order valence-corrected chi connectivity index (χ0v) is 20.2. The SMILES string of the molecule is C[C@@H]1C[C@H](n2c(C3CCN(C(=O)c4cccnn4)CC3)nc3cnc4ccc(C#N)cc4c32)CCO1. The Morgan fingerprint density at radius 3 is 2.78 bits per heavy atom. The van der Waals surface area contributed by atoms with Gasteiger partial charge in [-0.2, -0.15) is 10.4 Å². The molecule has 0 N–H and O–H groups in total. The second-order valence-corrected chi connectivity index (χ2v) is 9.71. The first kappa shape index (κ1) is 22.6. The van der Waals surface area contributed by atoms with Gasteiger partial charge in [-0.3, -0.25) is 9.78 Å². The molecular weight excluding hydrogens is 454 g/mol. The number of aromatic nitrogens is 5. The highest BCUT2D eigenvalue weighted by Gasteiger charge is 2.32. The molecule has 2 aliphatic heterocycles. The van der Waals surface area contributed by atoms with E-state index in [1.165, 1.54) is 0 Å². The molecule has 0 bridgehead atoms. The molecule has 0 spiro atoms. The number of benzene rings is 1. The summed E-state index contributed by atoms with van der Waals surface area (Å²) in [6.07, 6.45) is 7.05. The first-order chi connectivity index (χ1) is 17.6. The summed E-state index contributed by atoms with van der Waals surface area (Å²) in [5.41, 5.74) is 3.75. The van der Waals surface area contributed by atoms with Gasteiger partial charge in [0.15, 0.2) is 5.69 Å². The van der Waals surface area contributed by atoms with Crippen LogP contribution in [-0.2, 0) is 4.74 Å². The molecule has 5 heterocycles. The van der Waals surface area contributed by atoms with Crippen molar-refractivity contribution in [1.29, 1.82) is 5.26 Å². The first-order valence-corrected chi connectivity index (χ1v) is 12.5. The van der Waals surface area contributed by atoms with Gasteiger partial charge in [0.1, 0.15) is 11.3 Å². The van der Waals surface area contributed by atoms with Crippen LogP contribution in [0, 0.1) is 11.3 Å². The Morgan fingerprint density at radius 1 is 1.17 bits per heavy atom. The van der Waals surface area contributed by atoms with E-state index in [9.17, 15) is 10.1 Å². The first-order valence-electron chi connectivity index (χ1n) is 12.5. The van der Waals surface area contributed by atoms with E-state index >= 15 is 0 Å². The highest BCUT2D eigenvalue weighted by atomic mass is 16.5. The number of hydrogen-bond donors (Lipinski definition) is 0. The van der Waals surface area contributed by atoms with Crippen molar-refractivity contribution in [2.45, 2.75) is 50.7 Å². The topological polar surface area (TPSA) is 110 Å². The number of likely N-dealkylation sites (tertiary alicyclic amines) is 1. The van der Waals surface area contributed by atoms with Crippen LogP contribution in [0.3, 0.4) is 0 Å². The molecule has 182 valence electrons. The number of nitriles is 1. The fourth-order valence-electron chi connectivity index (χ4n) is 5.65. The van der Waals surface area contributed by atoms with Gasteiger partial charge in [-0.1, -0.05) is 0 Å². The van der Waals surface area contributed by atoms with Crippen molar-refractivity contribution in [1.82, 2.24) is 29.6 Å². The quantitative estimate of drug-likeness (QED) is 0.435. The van der Waals surface area contributed by atoms with Crippen LogP contribution in [-0.4, -0.2) is 61.3 Å². The van der Waals surface area contributed by atoms with Gasteiger partial charge in [-0.25, -0.2) is 4.98 Å². The Labute approximate surface area is 208 Å². The predicted molar refractivity (Wildman–Crippen MR) is 133 cm³/mol. The number of piperidine rings is 1. The lowest BCUT2D eigenvalue weighted by molar-refractivity contribution is 0.00585. The van der Waals surface area contributed by atoms with E-state index in [2.05, 4.69) is 32.7 Å². The largest absolute Gasteiger partial charge is 0.378 e. The van der Waals surface area contributed by atoms with E-state index in [0.29, 0.717) is 31.0 Å². The van der Waals surface area contributed by atoms with Crippen LogP contribution >= 0.6 is 0 Å². The highest BCUT2D eigenvalue weighted by Crippen LogP contribution is 2.38. The number of ether oxygens (including phenoxy) is 1. The van der Waals surface area contributed by atoms with Crippen LogP contribution in [0.4, 0.5) is 0 Å². The van der Waals surface area contributed by atoms with Crippen LogP contribution in [0.2, 0.25) is 0 Å². The van der Waals surface area contributed by atoms with Gasteiger partial charge in [-0.15, -0.1) is 5.10 Å². The summed E-state index contributed by atoms with van der Waals surface area (Å²) in [5, 5.41) is 18.3. The van der Waals surface area contributed by atoms with Crippen LogP contribution < -0.4 is 0 Å². The summed E-state index contributed by atoms with van der Waals surface area (Å²) >= 11 is 0. The van der Waals surface area contributed by atoms with Gasteiger partial charge >= 0.3 is 0 Å². The van der Waals surface area contributed by atoms with Gasteiger partial charge in [0.05, 0.1) is 35.0 Å². The van der Waals surface area contributed by atoms with Crippen molar-refractivity contribution in [3.63, 3.8) is 0 Å². The van der Waals surface area contributed by atoms with Crippen molar-refractivity contribution in [3.8, 4) is 6.07 Å². The molecule has 6 rings (SSSR count). The monoisotopic (exact) mass is 481 g/mol. The third kappa shape index (κ3) is 3.97. The summed E-state index contributed by atoms with van der Waals surface area (Å²) in [4.78, 5) is 24.5. The lowest BCUT2D eigenvalue weighted by Crippen LogP contribution is -2.39. The summed E-state index contributed by atoms with van der Waals surface area (Å²) in [6, 6.07) is 11.6. The van der Waals surface area contributed by atoms with Crippen molar-refractivity contribution >= 4 is 27.8 Å². The molecule has 9 heteroatoms. The number of nitrogens with zero attached hydrogens (tertiary/aromatic N) is 7. The van der Waals surface area contributed by atoms with Crippen LogP contribution in [0.1, 0.15) is 66.4 Å². The molecule has 2 aliphatic rings. The van der Waals surface area contributed by atoms with E-state index in [4.69, 9.17) is 9.72 Å².